The number of benzene rings is 1. The molecule has 0 saturated heterocycles. The monoisotopic (exact) mass is 667 g/mol. The van der Waals surface area contributed by atoms with E-state index in [2.05, 4.69) is 30.6 Å². The Labute approximate surface area is 253 Å². The van der Waals surface area contributed by atoms with Gasteiger partial charge in [0.15, 0.2) is 11.2 Å². The van der Waals surface area contributed by atoms with Gasteiger partial charge in [-0.25, -0.2) is 14.8 Å². The van der Waals surface area contributed by atoms with Crippen LogP contribution in [0, 0.1) is 0 Å². The second-order valence-electron chi connectivity index (χ2n) is 7.67. The molecule has 233 valence electrons. The molecule has 20 nitrogen and oxygen atoms in total. The molecule has 22 heteroatoms. The molecule has 0 aliphatic rings. The smallest absolute Gasteiger partial charge is 0.759 e. The molecule has 1 radical (unpaired) electrons. The number of carboxylic acids is 3. The van der Waals surface area contributed by atoms with E-state index in [4.69, 9.17) is 49.1 Å². The van der Waals surface area contributed by atoms with Crippen molar-refractivity contribution in [2.45, 2.75) is 25.4 Å². The van der Waals surface area contributed by atoms with Crippen LogP contribution in [0.25, 0.3) is 16.9 Å². The van der Waals surface area contributed by atoms with E-state index in [1.165, 1.54) is 18.3 Å². The number of rotatable bonds is 10. The maximum Gasteiger partial charge on any atom is 3.00 e. The van der Waals surface area contributed by atoms with Gasteiger partial charge < -0.3 is 51.3 Å². The molecule has 1 atom stereocenters. The summed E-state index contributed by atoms with van der Waals surface area (Å²) in [5, 5.41) is 32.3. The van der Waals surface area contributed by atoms with E-state index < -0.39 is 52.4 Å². The largest absolute Gasteiger partial charge is 3.00 e. The van der Waals surface area contributed by atoms with E-state index in [-0.39, 0.29) is 60.6 Å². The first kappa shape index (κ1) is 38.3. The number of fused-ring (bicyclic) bond motifs is 1. The van der Waals surface area contributed by atoms with Crippen molar-refractivity contribution in [3.8, 4) is 0 Å². The third-order valence-corrected chi connectivity index (χ3v) is 4.50. The fourth-order valence-electron chi connectivity index (χ4n) is 2.75. The Morgan fingerprint density at radius 3 is 2.16 bits per heavy atom. The van der Waals surface area contributed by atoms with Crippen molar-refractivity contribution in [3.63, 3.8) is 0 Å². The van der Waals surface area contributed by atoms with Crippen molar-refractivity contribution in [1.29, 1.82) is 0 Å². The van der Waals surface area contributed by atoms with E-state index in [0.29, 0.717) is 11.4 Å². The van der Waals surface area contributed by atoms with E-state index in [9.17, 15) is 19.2 Å². The molecule has 0 fully saturated rings. The normalized spacial score (nSPS) is 10.9. The topological polar surface area (TPSA) is 357 Å². The van der Waals surface area contributed by atoms with Gasteiger partial charge in [-0.3, -0.25) is 27.8 Å². The Hall–Kier alpha value is -4.73. The first-order valence-corrected chi connectivity index (χ1v) is 12.5. The van der Waals surface area contributed by atoms with Crippen molar-refractivity contribution in [3.05, 3.63) is 57.8 Å². The molecule has 1 aromatic carbocycles. The van der Waals surface area contributed by atoms with Crippen LogP contribution in [0.1, 0.15) is 30.3 Å². The summed E-state index contributed by atoms with van der Waals surface area (Å²) in [6.07, 6.45) is 0.840. The second kappa shape index (κ2) is 17.9. The van der Waals surface area contributed by atoms with E-state index >= 15 is 0 Å². The molecule has 0 unspecified atom stereocenters. The van der Waals surface area contributed by atoms with Crippen LogP contribution in [0.3, 0.4) is 0 Å². The minimum absolute atomic E-state index is 0. The number of anilines is 2. The van der Waals surface area contributed by atoms with Crippen molar-refractivity contribution in [1.82, 2.24) is 25.3 Å². The summed E-state index contributed by atoms with van der Waals surface area (Å²) in [6, 6.07) is 4.86. The number of hydrogen-bond acceptors (Lipinski definition) is 15. The van der Waals surface area contributed by atoms with Crippen LogP contribution in [-0.4, -0.2) is 84.1 Å². The zero-order valence-electron chi connectivity index (χ0n) is 22.5. The number of hydrogen-bond donors (Lipinski definition) is 6. The number of aromatic amines is 1. The molecule has 0 spiro atoms. The molecule has 43 heavy (non-hydrogen) atoms. The van der Waals surface area contributed by atoms with Crippen LogP contribution in [0.4, 0.5) is 11.6 Å². The van der Waals surface area contributed by atoms with Gasteiger partial charge in [0.2, 0.25) is 5.95 Å². The quantitative estimate of drug-likeness (QED) is 0.0740. The predicted octanol–water partition coefficient (Wildman–Crippen LogP) is -2.48. The summed E-state index contributed by atoms with van der Waals surface area (Å²) in [6.45, 7) is -0.408. The van der Waals surface area contributed by atoms with Crippen LogP contribution in [-0.2, 0) is 48.4 Å². The number of aliphatic carboxylic acids is 3. The molecule has 2 heterocycles. The average molecular weight is 667 g/mol. The Bertz CT molecular complexity index is 1580. The number of amides is 1. The molecular formula is C21H23FeN8O12S. The summed E-state index contributed by atoms with van der Waals surface area (Å²) in [5.41, 5.74) is 12.5. The van der Waals surface area contributed by atoms with Gasteiger partial charge in [-0.1, -0.05) is 0 Å². The second-order valence-corrected chi connectivity index (χ2v) is 8.49. The maximum atomic E-state index is 12.3. The van der Waals surface area contributed by atoms with E-state index in [1.54, 1.807) is 12.1 Å². The Morgan fingerprint density at radius 1 is 1.12 bits per heavy atom. The Balaban J connectivity index is 0. The fraction of sp³-hybridized carbons (Fsp3) is 0.238. The minimum Gasteiger partial charge on any atom is -0.759 e. The van der Waals surface area contributed by atoms with Gasteiger partial charge in [-0.2, -0.15) is 4.98 Å². The van der Waals surface area contributed by atoms with Crippen LogP contribution in [0.15, 0.2) is 35.3 Å². The van der Waals surface area contributed by atoms with Crippen molar-refractivity contribution >= 4 is 57.0 Å². The van der Waals surface area contributed by atoms with Crippen molar-refractivity contribution in [2.75, 3.05) is 17.6 Å². The summed E-state index contributed by atoms with van der Waals surface area (Å²) in [4.78, 5) is 69.6. The number of H-pyrrole nitrogens is 1. The number of aromatic nitrogens is 4. The van der Waals surface area contributed by atoms with E-state index in [1.807, 2.05) is 0 Å². The molecule has 1 amide bonds. The SMILES string of the molecule is Nc1nc2ncc(CNc3ccc(C(=O)N[C@@H](CCC(=O)O)C(=O)O)cc3)nc2c(=O)[nH]1.O=S(=O)([O-])[O-].[Fe+3].[H+].[NH-]CC(=O)[O-]. The summed E-state index contributed by atoms with van der Waals surface area (Å²) < 4.78 is 34.1. The third kappa shape index (κ3) is 15.7. The number of carboxylic acid groups (broad SMARTS) is 3. The third-order valence-electron chi connectivity index (χ3n) is 4.50. The zero-order chi connectivity index (χ0) is 32.0. The first-order valence-electron chi connectivity index (χ1n) is 11.1. The number of carbonyl (C=O) groups is 4. The Morgan fingerprint density at radius 2 is 1.67 bits per heavy atom. The van der Waals surface area contributed by atoms with Gasteiger partial charge in [0.1, 0.15) is 6.04 Å². The maximum absolute atomic E-state index is 12.3. The van der Waals surface area contributed by atoms with Gasteiger partial charge in [0.25, 0.3) is 11.5 Å². The number of carbonyl (C=O) groups excluding carboxylic acids is 2. The molecular weight excluding hydrogens is 644 g/mol. The van der Waals surface area contributed by atoms with Crippen LogP contribution in [0.5, 0.6) is 0 Å². The molecule has 0 aliphatic heterocycles. The van der Waals surface area contributed by atoms with Crippen molar-refractivity contribution in [2.24, 2.45) is 0 Å². The predicted molar refractivity (Wildman–Crippen MR) is 138 cm³/mol. The van der Waals surface area contributed by atoms with Crippen LogP contribution in [0.2, 0.25) is 0 Å². The average Bonchev–Trinajstić information content (AvgIpc) is 2.89. The standard InChI is InChI=1S/C19H19N7O6.C2H4NO2.Fe.H2O4S/c20-19-25-15-14(17(30)26-19)23-11(8-22-15)7-21-10-3-1-9(2-4-10)16(29)24-12(18(31)32)5-6-13(27)28;3-1-2(4)5;;1-5(2,3)4/h1-4,8,12,21H,5-7H2,(H,24,29)(H,27,28)(H,31,32)(H3,20,22,25,26,30);3H,1H2,(H,4,5);;(H2,1,2,3,4)/q;-1;+3;/p-2/t12-;;;/m0.../s1. The van der Waals surface area contributed by atoms with Crippen molar-refractivity contribution < 1.29 is 70.5 Å². The van der Waals surface area contributed by atoms with Crippen LogP contribution >= 0.6 is 0 Å². The summed E-state index contributed by atoms with van der Waals surface area (Å²) in [5.74, 6) is -4.48. The van der Waals surface area contributed by atoms with Gasteiger partial charge in [0, 0.05) is 34.0 Å². The molecule has 2 aromatic heterocycles. The van der Waals surface area contributed by atoms with E-state index in [0.717, 1.165) is 0 Å². The minimum atomic E-state index is -5.17. The van der Waals surface area contributed by atoms with Crippen LogP contribution < -0.4 is 27.0 Å². The molecule has 8 N–H and O–H groups in total. The molecule has 3 rings (SSSR count). The number of nitrogens with two attached hydrogens (primary N) is 1. The van der Waals surface area contributed by atoms with Gasteiger partial charge >= 0.3 is 30.4 Å². The number of nitrogen functional groups attached to an aromatic ring is 1. The molecule has 0 bridgehead atoms. The van der Waals surface area contributed by atoms with Gasteiger partial charge in [-0.15, -0.1) is 6.54 Å². The summed E-state index contributed by atoms with van der Waals surface area (Å²) >= 11 is 0. The Kier molecular flexibility index (Phi) is 16.0. The fourth-order valence-corrected chi connectivity index (χ4v) is 2.75. The van der Waals surface area contributed by atoms with Gasteiger partial charge in [0.05, 0.1) is 18.4 Å². The molecule has 3 aromatic rings. The number of nitrogens with zero attached hydrogens (tertiary/aromatic N) is 3. The summed E-state index contributed by atoms with van der Waals surface area (Å²) in [7, 11) is -5.17. The first-order chi connectivity index (χ1) is 19.5. The zero-order valence-corrected chi connectivity index (χ0v) is 23.4. The molecule has 0 saturated carbocycles. The number of nitrogens with one attached hydrogen (secondary N) is 4. The molecule has 0 aliphatic carbocycles. The van der Waals surface area contributed by atoms with Gasteiger partial charge in [-0.05, 0) is 30.7 Å².